The summed E-state index contributed by atoms with van der Waals surface area (Å²) in [5, 5.41) is 13.1. The molecule has 0 spiro atoms. The lowest BCUT2D eigenvalue weighted by molar-refractivity contribution is 0.0773. The largest absolute Gasteiger partial charge is 0.396 e. The Hall–Kier alpha value is -0.120. The Kier molecular flexibility index (Phi) is 4.00. The van der Waals surface area contributed by atoms with E-state index in [9.17, 15) is 5.11 Å². The molecule has 2 fully saturated rings. The predicted octanol–water partition coefficient (Wildman–Crippen LogP) is 1.31. The molecule has 3 nitrogen and oxygen atoms in total. The molecule has 2 rings (SSSR count). The van der Waals surface area contributed by atoms with E-state index < -0.39 is 0 Å². The van der Waals surface area contributed by atoms with E-state index in [4.69, 9.17) is 4.74 Å². The van der Waals surface area contributed by atoms with Crippen molar-refractivity contribution in [3.8, 4) is 0 Å². The minimum Gasteiger partial charge on any atom is -0.396 e. The first-order valence-corrected chi connectivity index (χ1v) is 6.27. The first kappa shape index (κ1) is 11.4. The van der Waals surface area contributed by atoms with Crippen molar-refractivity contribution in [2.75, 3.05) is 26.4 Å². The number of ether oxygens (including phenoxy) is 1. The van der Waals surface area contributed by atoms with Crippen molar-refractivity contribution in [3.05, 3.63) is 0 Å². The van der Waals surface area contributed by atoms with Crippen LogP contribution in [-0.2, 0) is 4.74 Å². The fourth-order valence-electron chi connectivity index (χ4n) is 2.75. The molecule has 1 aliphatic heterocycles. The van der Waals surface area contributed by atoms with Gasteiger partial charge in [-0.05, 0) is 19.3 Å². The van der Waals surface area contributed by atoms with Crippen molar-refractivity contribution in [3.63, 3.8) is 0 Å². The van der Waals surface area contributed by atoms with Gasteiger partial charge in [0.25, 0.3) is 0 Å². The topological polar surface area (TPSA) is 41.5 Å². The van der Waals surface area contributed by atoms with Crippen molar-refractivity contribution >= 4 is 0 Å². The molecule has 3 heteroatoms. The standard InChI is InChI=1S/C12H23NO2/c14-10-12(5-2-1-3-6-12)9-13-11-4-7-15-8-11/h11,13-14H,1-10H2. The molecule has 0 aromatic rings. The summed E-state index contributed by atoms with van der Waals surface area (Å²) in [5.74, 6) is 0. The van der Waals surface area contributed by atoms with E-state index in [1.807, 2.05) is 0 Å². The Morgan fingerprint density at radius 2 is 2.07 bits per heavy atom. The summed E-state index contributed by atoms with van der Waals surface area (Å²) in [5.41, 5.74) is 0.167. The monoisotopic (exact) mass is 213 g/mol. The molecule has 1 saturated heterocycles. The van der Waals surface area contributed by atoms with E-state index >= 15 is 0 Å². The Bertz CT molecular complexity index is 184. The molecule has 2 aliphatic rings. The highest BCUT2D eigenvalue weighted by Crippen LogP contribution is 2.35. The van der Waals surface area contributed by atoms with E-state index in [-0.39, 0.29) is 5.41 Å². The summed E-state index contributed by atoms with van der Waals surface area (Å²) in [6.07, 6.45) is 7.40. The Morgan fingerprint density at radius 3 is 2.67 bits per heavy atom. The summed E-state index contributed by atoms with van der Waals surface area (Å²) < 4.78 is 5.34. The molecule has 0 amide bonds. The van der Waals surface area contributed by atoms with E-state index in [1.165, 1.54) is 32.1 Å². The third kappa shape index (κ3) is 2.92. The molecular weight excluding hydrogens is 190 g/mol. The second kappa shape index (κ2) is 5.28. The van der Waals surface area contributed by atoms with Gasteiger partial charge in [-0.25, -0.2) is 0 Å². The molecule has 0 aromatic heterocycles. The lowest BCUT2D eigenvalue weighted by Gasteiger charge is -2.36. The number of hydrogen-bond acceptors (Lipinski definition) is 3. The van der Waals surface area contributed by atoms with Crippen LogP contribution in [0.15, 0.2) is 0 Å². The molecule has 1 aliphatic carbocycles. The normalized spacial score (nSPS) is 30.6. The molecule has 0 radical (unpaired) electrons. The number of aliphatic hydroxyl groups is 1. The van der Waals surface area contributed by atoms with Crippen LogP contribution in [0.25, 0.3) is 0 Å². The third-order valence-corrected chi connectivity index (χ3v) is 3.95. The maximum Gasteiger partial charge on any atom is 0.0620 e. The third-order valence-electron chi connectivity index (χ3n) is 3.95. The lowest BCUT2D eigenvalue weighted by atomic mass is 9.74. The molecule has 88 valence electrons. The highest BCUT2D eigenvalue weighted by Gasteiger charge is 2.32. The quantitative estimate of drug-likeness (QED) is 0.740. The molecule has 1 unspecified atom stereocenters. The number of nitrogens with one attached hydrogen (secondary N) is 1. The average Bonchev–Trinajstić information content (AvgIpc) is 2.81. The van der Waals surface area contributed by atoms with Crippen LogP contribution >= 0.6 is 0 Å². The zero-order chi connectivity index (χ0) is 10.6. The summed E-state index contributed by atoms with van der Waals surface area (Å²) in [4.78, 5) is 0. The van der Waals surface area contributed by atoms with Crippen molar-refractivity contribution in [1.82, 2.24) is 5.32 Å². The van der Waals surface area contributed by atoms with Gasteiger partial charge in [-0.2, -0.15) is 0 Å². The van der Waals surface area contributed by atoms with Crippen LogP contribution < -0.4 is 5.32 Å². The van der Waals surface area contributed by atoms with E-state index in [0.717, 1.165) is 26.2 Å². The Balaban J connectivity index is 1.78. The van der Waals surface area contributed by atoms with Gasteiger partial charge < -0.3 is 15.2 Å². The van der Waals surface area contributed by atoms with E-state index in [1.54, 1.807) is 0 Å². The van der Waals surface area contributed by atoms with E-state index in [0.29, 0.717) is 12.6 Å². The van der Waals surface area contributed by atoms with Gasteiger partial charge in [-0.15, -0.1) is 0 Å². The summed E-state index contributed by atoms with van der Waals surface area (Å²) in [6, 6.07) is 0.523. The molecule has 2 N–H and O–H groups in total. The van der Waals surface area contributed by atoms with Gasteiger partial charge in [0.2, 0.25) is 0 Å². The van der Waals surface area contributed by atoms with Crippen LogP contribution in [0.1, 0.15) is 38.5 Å². The maximum atomic E-state index is 9.54. The molecule has 0 aromatic carbocycles. The van der Waals surface area contributed by atoms with Gasteiger partial charge in [0.1, 0.15) is 0 Å². The fraction of sp³-hybridized carbons (Fsp3) is 1.00. The molecular formula is C12H23NO2. The van der Waals surface area contributed by atoms with Crippen LogP contribution in [0, 0.1) is 5.41 Å². The van der Waals surface area contributed by atoms with Gasteiger partial charge in [0.15, 0.2) is 0 Å². The van der Waals surface area contributed by atoms with Crippen LogP contribution in [0.3, 0.4) is 0 Å². The van der Waals surface area contributed by atoms with E-state index in [2.05, 4.69) is 5.32 Å². The van der Waals surface area contributed by atoms with Crippen LogP contribution in [0.2, 0.25) is 0 Å². The van der Waals surface area contributed by atoms with Gasteiger partial charge in [0.05, 0.1) is 6.61 Å². The Morgan fingerprint density at radius 1 is 1.27 bits per heavy atom. The summed E-state index contributed by atoms with van der Waals surface area (Å²) in [7, 11) is 0. The molecule has 0 bridgehead atoms. The molecule has 1 saturated carbocycles. The zero-order valence-corrected chi connectivity index (χ0v) is 9.50. The van der Waals surface area contributed by atoms with Crippen molar-refractivity contribution in [2.24, 2.45) is 5.41 Å². The smallest absolute Gasteiger partial charge is 0.0620 e. The van der Waals surface area contributed by atoms with Gasteiger partial charge in [0, 0.05) is 31.2 Å². The highest BCUT2D eigenvalue weighted by atomic mass is 16.5. The first-order chi connectivity index (χ1) is 7.35. The number of aliphatic hydroxyl groups excluding tert-OH is 1. The second-order valence-corrected chi connectivity index (χ2v) is 5.16. The lowest BCUT2D eigenvalue weighted by Crippen LogP contribution is -2.43. The number of hydrogen-bond donors (Lipinski definition) is 2. The molecule has 1 heterocycles. The predicted molar refractivity (Wildman–Crippen MR) is 59.8 cm³/mol. The van der Waals surface area contributed by atoms with Crippen molar-refractivity contribution < 1.29 is 9.84 Å². The second-order valence-electron chi connectivity index (χ2n) is 5.16. The maximum absolute atomic E-state index is 9.54. The van der Waals surface area contributed by atoms with Gasteiger partial charge >= 0.3 is 0 Å². The average molecular weight is 213 g/mol. The summed E-state index contributed by atoms with van der Waals surface area (Å²) >= 11 is 0. The fourth-order valence-corrected chi connectivity index (χ4v) is 2.75. The minimum absolute atomic E-state index is 0.167. The molecule has 1 atom stereocenters. The van der Waals surface area contributed by atoms with Crippen LogP contribution in [0.5, 0.6) is 0 Å². The Labute approximate surface area is 92.2 Å². The minimum atomic E-state index is 0.167. The summed E-state index contributed by atoms with van der Waals surface area (Å²) in [6.45, 7) is 3.05. The first-order valence-electron chi connectivity index (χ1n) is 6.27. The number of rotatable bonds is 4. The van der Waals surface area contributed by atoms with Gasteiger partial charge in [-0.3, -0.25) is 0 Å². The SMILES string of the molecule is OCC1(CNC2CCOC2)CCCCC1. The van der Waals surface area contributed by atoms with Crippen LogP contribution in [0.4, 0.5) is 0 Å². The van der Waals surface area contributed by atoms with Crippen molar-refractivity contribution in [2.45, 2.75) is 44.6 Å². The zero-order valence-electron chi connectivity index (χ0n) is 9.50. The van der Waals surface area contributed by atoms with Crippen molar-refractivity contribution in [1.29, 1.82) is 0 Å². The molecule has 15 heavy (non-hydrogen) atoms. The van der Waals surface area contributed by atoms with Crippen LogP contribution in [-0.4, -0.2) is 37.5 Å². The van der Waals surface area contributed by atoms with Gasteiger partial charge in [-0.1, -0.05) is 19.3 Å². The highest BCUT2D eigenvalue weighted by molar-refractivity contribution is 4.86.